The van der Waals surface area contributed by atoms with Crippen LogP contribution < -0.4 is 0 Å². The van der Waals surface area contributed by atoms with Crippen LogP contribution in [0.2, 0.25) is 0 Å². The Balaban J connectivity index is 1.22. The van der Waals surface area contributed by atoms with E-state index in [9.17, 15) is 0 Å². The van der Waals surface area contributed by atoms with E-state index < -0.39 is 0 Å². The topological polar surface area (TPSA) is 0 Å². The van der Waals surface area contributed by atoms with E-state index in [4.69, 9.17) is 12.6 Å². The molecule has 66 heavy (non-hydrogen) atoms. The molecule has 0 nitrogen and oxygen atoms in total. The zero-order valence-corrected chi connectivity index (χ0v) is 35.0. The molecule has 0 aliphatic heterocycles. The second-order valence-electron chi connectivity index (χ2n) is 24.8. The first kappa shape index (κ1) is 24.9. The lowest BCUT2D eigenvalue weighted by Crippen LogP contribution is -2.37. The van der Waals surface area contributed by atoms with Gasteiger partial charge < -0.3 is 0 Å². The van der Waals surface area contributed by atoms with Crippen LogP contribution in [0.3, 0.4) is 0 Å². The van der Waals surface area contributed by atoms with Gasteiger partial charge in [0, 0.05) is 11.3 Å². The Hall–Kier alpha value is -7.19. The van der Waals surface area contributed by atoms with Crippen molar-refractivity contribution < 1.29 is 0 Å². The third-order valence-corrected chi connectivity index (χ3v) is 24.8. The van der Waals surface area contributed by atoms with E-state index in [-0.39, 0.29) is 5.41 Å². The highest BCUT2D eigenvalue weighted by Gasteiger charge is 2.62. The number of thiol groups is 1. The Bertz CT molecular complexity index is 6710. The van der Waals surface area contributed by atoms with Crippen molar-refractivity contribution >= 4 is 303 Å². The summed E-state index contributed by atoms with van der Waals surface area (Å²) in [6, 6.07) is 0. The molecule has 0 spiro atoms. The molecule has 28 aromatic rings. The molecule has 0 fully saturated rings. The molecular formula is C65H12S. The first-order valence-corrected chi connectivity index (χ1v) is 25.9. The van der Waals surface area contributed by atoms with E-state index in [1.54, 1.807) is 302 Å². The number of unbranched alkanes of at least 4 members (excludes halogenated alkanes) is 2. The minimum Gasteiger partial charge on any atom is -0.179 e. The highest BCUT2D eigenvalue weighted by Crippen LogP contribution is 2.84. The van der Waals surface area contributed by atoms with Crippen LogP contribution >= 0.6 is 12.6 Å². The van der Waals surface area contributed by atoms with Crippen molar-refractivity contribution in [3.8, 4) is 0 Å². The van der Waals surface area contributed by atoms with Crippen molar-refractivity contribution in [2.45, 2.75) is 37.0 Å². The molecule has 0 unspecified atom stereocenters. The minimum absolute atomic E-state index is 0.0675. The first-order valence-electron chi connectivity index (χ1n) is 25.3. The van der Waals surface area contributed by atoms with Gasteiger partial charge in [-0.1, -0.05) is 12.8 Å². The largest absolute Gasteiger partial charge is 0.179 e. The molecule has 0 N–H and O–H groups in total. The van der Waals surface area contributed by atoms with E-state index in [1.165, 1.54) is 25.7 Å². The Morgan fingerprint density at radius 3 is 0.621 bits per heavy atom. The van der Waals surface area contributed by atoms with Crippen molar-refractivity contribution in [3.05, 3.63) is 22.3 Å². The maximum absolute atomic E-state index is 4.85. The first-order chi connectivity index (χ1) is 32.9. The maximum Gasteiger partial charge on any atom is 0.0338 e. The zero-order chi connectivity index (χ0) is 39.1. The van der Waals surface area contributed by atoms with Crippen molar-refractivity contribution in [1.82, 2.24) is 0 Å². The number of rotatable bonds is 5. The van der Waals surface area contributed by atoms with E-state index in [0.29, 0.717) is 5.92 Å². The smallest absolute Gasteiger partial charge is 0.0338 e. The lowest BCUT2D eigenvalue weighted by molar-refractivity contribution is 0.417. The maximum atomic E-state index is 4.85. The van der Waals surface area contributed by atoms with Gasteiger partial charge in [-0.05, 0) is 332 Å². The molecule has 0 saturated carbocycles. The second kappa shape index (κ2) is 5.71. The fourth-order valence-electron chi connectivity index (χ4n) is 24.4. The average Bonchev–Trinajstić information content (AvgIpc) is 4.18. The van der Waals surface area contributed by atoms with Crippen LogP contribution in [0.1, 0.15) is 53.9 Å². The fraction of sp³-hybridized carbons (Fsp3) is 0.108. The minimum atomic E-state index is -0.0675. The van der Waals surface area contributed by atoms with E-state index in [2.05, 4.69) is 0 Å². The third-order valence-electron chi connectivity index (χ3n) is 24.5. The molecule has 0 heterocycles. The molecule has 0 amide bonds. The number of hydrogen-bond donors (Lipinski definition) is 1. The van der Waals surface area contributed by atoms with Crippen LogP contribution in [0.5, 0.6) is 0 Å². The molecule has 0 bridgehead atoms. The monoisotopic (exact) mass is 824 g/mol. The van der Waals surface area contributed by atoms with Crippen LogP contribution in [-0.4, -0.2) is 5.75 Å². The summed E-state index contributed by atoms with van der Waals surface area (Å²) in [5.74, 6) is 1.36. The van der Waals surface area contributed by atoms with Crippen LogP contribution in [0.4, 0.5) is 0 Å². The SMILES string of the molecule is SCCCCCC12c3c4c5c6c7c8c(c9c%10c1c1c3c3c%11c4c4c5c5c7c7c%12c8c8c9c9c%10c%10c1c1c3c3c%11c%11c4c4c5c7c5c7c%12c8c8c9c9c%10c1c1c3c3c%11c4c5c4c7c8c9c1c34)C62. The Morgan fingerprint density at radius 2 is 0.394 bits per heavy atom. The van der Waals surface area contributed by atoms with Crippen LogP contribution in [0.25, 0.3) is 291 Å². The summed E-state index contributed by atoms with van der Waals surface area (Å²) in [4.78, 5) is 0. The predicted octanol–water partition coefficient (Wildman–Crippen LogP) is 18.6. The van der Waals surface area contributed by atoms with Gasteiger partial charge in [-0.15, -0.1) is 0 Å². The summed E-state index contributed by atoms with van der Waals surface area (Å²) in [5, 5.41) is 91.6. The standard InChI is InChI=1S/C65H12S/c66-5-3-1-2-4-65-62-58-52-38-30-22-10-7-6-8-11(10)23-25-21-15(8)17-13-9(6)12-16-14(7)20-24(22)36(38)44-42-28(20)26(16)34-32-18(12)19(13)33-35-27(17)29(21)43-45-37(25)39(31(23)30)53(52)59(62)55(45)57-49(43)47(35)51-41(33)40(32)50-46(34)48(42)56(54(44)58)63(65)60(50)61(51)64(57)65/h62,66H,1-5H2. The van der Waals surface area contributed by atoms with Gasteiger partial charge in [-0.2, -0.15) is 12.6 Å². The molecule has 28 aromatic carbocycles. The molecule has 0 radical (unpaired) electrons. The second-order valence-corrected chi connectivity index (χ2v) is 25.2. The molecule has 32 rings (SSSR count). The van der Waals surface area contributed by atoms with Gasteiger partial charge in [0.2, 0.25) is 0 Å². The highest BCUT2D eigenvalue weighted by molar-refractivity contribution is 7.80. The molecule has 0 atom stereocenters. The zero-order valence-electron chi connectivity index (χ0n) is 34.1. The van der Waals surface area contributed by atoms with Crippen LogP contribution in [-0.2, 0) is 5.41 Å². The van der Waals surface area contributed by atoms with E-state index >= 15 is 0 Å². The average molecular weight is 825 g/mol. The predicted molar refractivity (Wildman–Crippen MR) is 287 cm³/mol. The molecule has 4 aliphatic rings. The Kier molecular flexibility index (Phi) is 2.15. The van der Waals surface area contributed by atoms with Gasteiger partial charge in [0.05, 0.1) is 0 Å². The van der Waals surface area contributed by atoms with Crippen molar-refractivity contribution in [2.75, 3.05) is 5.75 Å². The van der Waals surface area contributed by atoms with Gasteiger partial charge in [-0.3, -0.25) is 0 Å². The van der Waals surface area contributed by atoms with E-state index in [1.807, 2.05) is 11.1 Å². The molecule has 0 aromatic heterocycles. The van der Waals surface area contributed by atoms with Gasteiger partial charge in [-0.25, -0.2) is 0 Å². The van der Waals surface area contributed by atoms with Crippen molar-refractivity contribution in [2.24, 2.45) is 0 Å². The lowest BCUT2D eigenvalue weighted by Gasteiger charge is -2.45. The van der Waals surface area contributed by atoms with Gasteiger partial charge in [0.25, 0.3) is 0 Å². The quantitative estimate of drug-likeness (QED) is 0.0998. The van der Waals surface area contributed by atoms with Gasteiger partial charge in [0.15, 0.2) is 0 Å². The molecule has 4 aliphatic carbocycles. The van der Waals surface area contributed by atoms with E-state index in [0.717, 1.165) is 5.75 Å². The highest BCUT2D eigenvalue weighted by atomic mass is 32.1. The van der Waals surface area contributed by atoms with Crippen molar-refractivity contribution in [3.63, 3.8) is 0 Å². The third kappa shape index (κ3) is 1.32. The van der Waals surface area contributed by atoms with Crippen LogP contribution in [0, 0.1) is 0 Å². The normalized spacial score (nSPS) is 21.3. The summed E-state index contributed by atoms with van der Waals surface area (Å²) in [6.07, 6.45) is 5.00. The Labute approximate surface area is 366 Å². The van der Waals surface area contributed by atoms with Crippen molar-refractivity contribution in [1.29, 1.82) is 0 Å². The molecule has 0 saturated heterocycles. The summed E-state index contributed by atoms with van der Waals surface area (Å²) >= 11 is 4.85. The summed E-state index contributed by atoms with van der Waals surface area (Å²) in [6.45, 7) is 0. The lowest BCUT2D eigenvalue weighted by atomic mass is 9.55. The summed E-state index contributed by atoms with van der Waals surface area (Å²) in [5.41, 5.74) is 7.20. The van der Waals surface area contributed by atoms with Crippen LogP contribution in [0.15, 0.2) is 0 Å². The molecule has 278 valence electrons. The van der Waals surface area contributed by atoms with Gasteiger partial charge in [0.1, 0.15) is 0 Å². The summed E-state index contributed by atoms with van der Waals surface area (Å²) < 4.78 is 0. The number of hydrogen-bond acceptors (Lipinski definition) is 1. The summed E-state index contributed by atoms with van der Waals surface area (Å²) in [7, 11) is 0. The number of benzene rings is 18. The Morgan fingerprint density at radius 1 is 0.212 bits per heavy atom. The molecule has 1 heteroatoms. The molecular weight excluding hydrogens is 813 g/mol. The fourth-order valence-corrected chi connectivity index (χ4v) is 24.7. The van der Waals surface area contributed by atoms with Gasteiger partial charge >= 0.3 is 0 Å².